The van der Waals surface area contributed by atoms with Crippen LogP contribution in [0.25, 0.3) is 10.9 Å². The average Bonchev–Trinajstić information content (AvgIpc) is 4.06. The van der Waals surface area contributed by atoms with E-state index in [1.807, 2.05) is 30.5 Å². The second-order valence-electron chi connectivity index (χ2n) is 17.4. The molecule has 3 aliphatic heterocycles. The van der Waals surface area contributed by atoms with Crippen molar-refractivity contribution in [3.63, 3.8) is 0 Å². The third kappa shape index (κ3) is 8.05. The number of carbonyl (C=O) groups excluding carboxylic acids is 6. The lowest BCUT2D eigenvalue weighted by atomic mass is 9.84. The Morgan fingerprint density at radius 2 is 1.51 bits per heavy atom. The highest BCUT2D eigenvalue weighted by Crippen LogP contribution is 2.41. The summed E-state index contributed by atoms with van der Waals surface area (Å²) >= 11 is 0. The van der Waals surface area contributed by atoms with Crippen molar-refractivity contribution in [3.8, 4) is 0 Å². The maximum Gasteiger partial charge on any atom is 0.247 e. The Bertz CT molecular complexity index is 2100. The van der Waals surface area contributed by atoms with Crippen LogP contribution in [0, 0.1) is 11.7 Å². The fraction of sp³-hybridized carbons (Fsp3) is 0.545. The first-order valence-electron chi connectivity index (χ1n) is 21.3. The van der Waals surface area contributed by atoms with Gasteiger partial charge >= 0.3 is 0 Å². The first kappa shape index (κ1) is 40.5. The summed E-state index contributed by atoms with van der Waals surface area (Å²) in [4.78, 5) is 94.2. The van der Waals surface area contributed by atoms with Crippen molar-refractivity contribution in [2.24, 2.45) is 11.7 Å². The molecule has 2 aliphatic carbocycles. The summed E-state index contributed by atoms with van der Waals surface area (Å²) in [6, 6.07) is 6.78. The van der Waals surface area contributed by atoms with Gasteiger partial charge < -0.3 is 41.8 Å². The van der Waals surface area contributed by atoms with Crippen molar-refractivity contribution in [2.45, 2.75) is 138 Å². The van der Waals surface area contributed by atoms with Gasteiger partial charge in [0.2, 0.25) is 35.4 Å². The van der Waals surface area contributed by atoms with Crippen LogP contribution in [0.15, 0.2) is 54.7 Å². The lowest BCUT2D eigenvalue weighted by molar-refractivity contribution is -0.150. The van der Waals surface area contributed by atoms with Crippen LogP contribution in [0.2, 0.25) is 0 Å². The monoisotopic (exact) mass is 810 g/mol. The predicted molar refractivity (Wildman–Crippen MR) is 217 cm³/mol. The number of nitrogens with one attached hydrogen (secondary N) is 5. The molecule has 2 aromatic carbocycles. The van der Waals surface area contributed by atoms with E-state index >= 15 is 0 Å². The van der Waals surface area contributed by atoms with E-state index in [1.165, 1.54) is 29.2 Å². The molecule has 7 N–H and O–H groups in total. The number of aromatic amines is 1. The third-order valence-electron chi connectivity index (χ3n) is 13.5. The van der Waals surface area contributed by atoms with Crippen LogP contribution in [0.3, 0.4) is 0 Å². The highest BCUT2D eigenvalue weighted by Gasteiger charge is 2.52. The minimum atomic E-state index is -1.42. The normalized spacial score (nSPS) is 29.8. The van der Waals surface area contributed by atoms with Crippen LogP contribution in [0.4, 0.5) is 4.39 Å². The van der Waals surface area contributed by atoms with Crippen LogP contribution in [-0.2, 0) is 41.6 Å². The van der Waals surface area contributed by atoms with Crippen LogP contribution in [-0.4, -0.2) is 105 Å². The number of nitrogens with zero attached hydrogens (tertiary/aromatic N) is 2. The number of halogens is 1. The molecule has 15 heteroatoms. The average molecular weight is 811 g/mol. The molecule has 1 spiro atoms. The van der Waals surface area contributed by atoms with Crippen molar-refractivity contribution in [3.05, 3.63) is 71.7 Å². The van der Waals surface area contributed by atoms with E-state index in [-0.39, 0.29) is 50.1 Å². The van der Waals surface area contributed by atoms with E-state index in [0.29, 0.717) is 37.7 Å². The molecule has 4 heterocycles. The molecular weight excluding hydrogens is 756 g/mol. The number of H-pyrrole nitrogens is 1. The highest BCUT2D eigenvalue weighted by molar-refractivity contribution is 6.00. The highest BCUT2D eigenvalue weighted by atomic mass is 19.1. The minimum absolute atomic E-state index is 0.0509. The van der Waals surface area contributed by atoms with Crippen molar-refractivity contribution in [1.82, 2.24) is 36.1 Å². The maximum absolute atomic E-state index is 14.9. The number of hydrogen-bond donors (Lipinski definition) is 6. The van der Waals surface area contributed by atoms with Gasteiger partial charge in [0.05, 0.1) is 0 Å². The molecule has 8 rings (SSSR count). The molecule has 6 amide bonds. The Morgan fingerprint density at radius 1 is 0.780 bits per heavy atom. The molecule has 1 unspecified atom stereocenters. The Labute approximate surface area is 342 Å². The molecule has 8 atom stereocenters. The Balaban J connectivity index is 1.20. The first-order valence-corrected chi connectivity index (χ1v) is 21.3. The number of rotatable bonds is 5. The molecule has 314 valence electrons. The largest absolute Gasteiger partial charge is 0.361 e. The van der Waals surface area contributed by atoms with Gasteiger partial charge in [0.1, 0.15) is 41.6 Å². The molecule has 3 saturated heterocycles. The van der Waals surface area contributed by atoms with E-state index in [4.69, 9.17) is 5.73 Å². The fourth-order valence-electron chi connectivity index (χ4n) is 10.4. The lowest BCUT2D eigenvalue weighted by Gasteiger charge is -2.38. The number of benzene rings is 2. The van der Waals surface area contributed by atoms with Gasteiger partial charge in [-0.05, 0) is 87.1 Å². The summed E-state index contributed by atoms with van der Waals surface area (Å²) in [5.41, 5.74) is 7.19. The molecule has 5 aliphatic rings. The Morgan fingerprint density at radius 3 is 2.27 bits per heavy atom. The number of hydrogen-bond acceptors (Lipinski definition) is 7. The Kier molecular flexibility index (Phi) is 11.5. The summed E-state index contributed by atoms with van der Waals surface area (Å²) in [6.07, 6.45) is 8.52. The van der Waals surface area contributed by atoms with E-state index in [1.54, 1.807) is 11.8 Å². The summed E-state index contributed by atoms with van der Waals surface area (Å²) in [6.45, 7) is 1.86. The summed E-state index contributed by atoms with van der Waals surface area (Å²) in [7, 11) is 0. The van der Waals surface area contributed by atoms with Gasteiger partial charge in [-0.3, -0.25) is 28.8 Å². The zero-order valence-electron chi connectivity index (χ0n) is 33.5. The van der Waals surface area contributed by atoms with Crippen LogP contribution in [0.1, 0.15) is 88.7 Å². The number of amides is 6. The van der Waals surface area contributed by atoms with Crippen LogP contribution < -0.4 is 27.0 Å². The van der Waals surface area contributed by atoms with Crippen LogP contribution >= 0.6 is 0 Å². The SMILES string of the molecule is CC(N)[C@@H]1NC(=O)[C@H](Cc2ccc(F)cc2)NC(=O)C2(CCCC2)NC(=O)[C@H](Cc2c[nH]c3ccccc23)NC(=O)[C@@H]2C[C@@H]3CCCC[C@@H]3N2C(=O)[C@H]2CCCN2C1=O. The van der Waals surface area contributed by atoms with Gasteiger partial charge in [-0.2, -0.15) is 0 Å². The van der Waals surface area contributed by atoms with Gasteiger partial charge in [-0.25, -0.2) is 4.39 Å². The third-order valence-corrected chi connectivity index (χ3v) is 13.5. The summed E-state index contributed by atoms with van der Waals surface area (Å²) < 4.78 is 14.0. The zero-order valence-corrected chi connectivity index (χ0v) is 33.5. The maximum atomic E-state index is 14.9. The van der Waals surface area contributed by atoms with E-state index in [0.717, 1.165) is 42.1 Å². The van der Waals surface area contributed by atoms with Crippen molar-refractivity contribution < 1.29 is 33.2 Å². The lowest BCUT2D eigenvalue weighted by Crippen LogP contribution is -2.66. The first-order chi connectivity index (χ1) is 28.4. The molecule has 0 bridgehead atoms. The van der Waals surface area contributed by atoms with E-state index in [9.17, 15) is 33.2 Å². The topological polar surface area (TPSA) is 199 Å². The van der Waals surface area contributed by atoms with Crippen molar-refractivity contribution >= 4 is 46.3 Å². The van der Waals surface area contributed by atoms with E-state index in [2.05, 4.69) is 26.3 Å². The molecule has 14 nitrogen and oxygen atoms in total. The van der Waals surface area contributed by atoms with Crippen molar-refractivity contribution in [1.29, 1.82) is 0 Å². The Hall–Kier alpha value is -5.31. The van der Waals surface area contributed by atoms with Gasteiger partial charge in [-0.15, -0.1) is 0 Å². The predicted octanol–water partition coefficient (Wildman–Crippen LogP) is 2.49. The van der Waals surface area contributed by atoms with E-state index < -0.39 is 77.1 Å². The number of nitrogens with two attached hydrogens (primary N) is 1. The second-order valence-corrected chi connectivity index (χ2v) is 17.4. The molecule has 2 saturated carbocycles. The number of aromatic nitrogens is 1. The molecule has 59 heavy (non-hydrogen) atoms. The zero-order chi connectivity index (χ0) is 41.4. The second kappa shape index (κ2) is 16.7. The minimum Gasteiger partial charge on any atom is -0.361 e. The van der Waals surface area contributed by atoms with Crippen molar-refractivity contribution in [2.75, 3.05) is 6.54 Å². The summed E-state index contributed by atoms with van der Waals surface area (Å²) in [5, 5.41) is 12.7. The van der Waals surface area contributed by atoms with Crippen LogP contribution in [0.5, 0.6) is 0 Å². The molecule has 3 aromatic rings. The molecule has 5 fully saturated rings. The molecule has 1 aromatic heterocycles. The fourth-order valence-corrected chi connectivity index (χ4v) is 10.4. The van der Waals surface area contributed by atoms with Gasteiger partial charge in [0.25, 0.3) is 0 Å². The number of fused-ring (bicyclic) bond motifs is 5. The molecular formula is C44H55FN8O6. The van der Waals surface area contributed by atoms with Gasteiger partial charge in [-0.1, -0.05) is 56.0 Å². The summed E-state index contributed by atoms with van der Waals surface area (Å²) in [5.74, 6) is -3.48. The van der Waals surface area contributed by atoms with Gasteiger partial charge in [0.15, 0.2) is 0 Å². The molecule has 0 radical (unpaired) electrons. The standard InChI is InChI=1S/C44H55FN8O6/c1-25(46)37-42(58)52-20-8-13-35(52)41(57)53-34-12-5-2-9-27(34)23-36(53)40(56)48-33(22-28-24-47-31-11-4-3-10-30(28)31)39(55)51-44(18-6-7-19-44)43(59)49-32(38(54)50-37)21-26-14-16-29(45)17-15-26/h3-4,10-11,14-17,24-25,27,32-37,47H,2,5-9,12-13,18-23,46H2,1H3,(H,48,56)(H,49,59)(H,50,54)(H,51,55)/t25?,27-,32-,33-,34-,35+,36-,37-/m0/s1. The number of carbonyl (C=O) groups is 6. The van der Waals surface area contributed by atoms with Gasteiger partial charge in [0, 0.05) is 48.6 Å². The number of para-hydroxylation sites is 1. The smallest absolute Gasteiger partial charge is 0.247 e. The quantitative estimate of drug-likeness (QED) is 0.228.